The van der Waals surface area contributed by atoms with Gasteiger partial charge in [-0.3, -0.25) is 9.59 Å². The van der Waals surface area contributed by atoms with Crippen molar-refractivity contribution in [1.82, 2.24) is 10.2 Å². The van der Waals surface area contributed by atoms with Crippen LogP contribution in [0.1, 0.15) is 194 Å². The summed E-state index contributed by atoms with van der Waals surface area (Å²) >= 11 is 5.29. The summed E-state index contributed by atoms with van der Waals surface area (Å²) in [5.41, 5.74) is 0. The Bertz CT molecular complexity index is 879. The topological polar surface area (TPSA) is 77.1 Å². The highest BCUT2D eigenvalue weighted by Gasteiger charge is 2.18. The van der Waals surface area contributed by atoms with Crippen molar-refractivity contribution < 1.29 is 23.8 Å². The van der Waals surface area contributed by atoms with Gasteiger partial charge in [-0.25, -0.2) is 0 Å². The Morgan fingerprint density at radius 1 is 0.577 bits per heavy atom. The summed E-state index contributed by atoms with van der Waals surface area (Å²) in [4.78, 5) is 27.2. The van der Waals surface area contributed by atoms with Crippen LogP contribution in [0.4, 0.5) is 0 Å². The summed E-state index contributed by atoms with van der Waals surface area (Å²) in [6.45, 7) is 5.97. The molecule has 0 aromatic carbocycles. The Kier molecular flexibility index (Phi) is 38.8. The number of hydrogen-bond donors (Lipinski definition) is 1. The van der Waals surface area contributed by atoms with Crippen LogP contribution in [-0.2, 0) is 23.8 Å². The summed E-state index contributed by atoms with van der Waals surface area (Å²) in [7, 11) is 3.94. The largest absolute Gasteiger partial charge is 0.470 e. The maximum Gasteiger partial charge on any atom is 0.306 e. The molecule has 0 radical (unpaired) electrons. The summed E-state index contributed by atoms with van der Waals surface area (Å²) in [5.74, 6) is -0.516. The Balaban J connectivity index is 4.21. The van der Waals surface area contributed by atoms with Crippen LogP contribution in [0.2, 0.25) is 0 Å². The molecule has 0 fully saturated rings. The molecule has 52 heavy (non-hydrogen) atoms. The Morgan fingerprint density at radius 3 is 1.42 bits per heavy atom. The van der Waals surface area contributed by atoms with Gasteiger partial charge in [-0.1, -0.05) is 141 Å². The van der Waals surface area contributed by atoms with Crippen LogP contribution in [0.3, 0.4) is 0 Å². The van der Waals surface area contributed by atoms with Gasteiger partial charge in [-0.05, 0) is 90.5 Å². The van der Waals surface area contributed by atoms with E-state index in [1.165, 1.54) is 116 Å². The number of ether oxygens (including phenoxy) is 3. The van der Waals surface area contributed by atoms with Crippen LogP contribution in [0.25, 0.3) is 0 Å². The number of nitrogens with zero attached hydrogens (tertiary/aromatic N) is 1. The Morgan fingerprint density at radius 2 is 0.981 bits per heavy atom. The molecule has 0 aliphatic carbocycles. The van der Waals surface area contributed by atoms with E-state index < -0.39 is 6.10 Å². The van der Waals surface area contributed by atoms with E-state index in [0.29, 0.717) is 19.4 Å². The molecule has 1 unspecified atom stereocenters. The van der Waals surface area contributed by atoms with Crippen LogP contribution in [0, 0.1) is 0 Å². The Hall–Kier alpha value is -1.93. The second-order valence-electron chi connectivity index (χ2n) is 14.8. The van der Waals surface area contributed by atoms with Crippen molar-refractivity contribution in [1.29, 1.82) is 0 Å². The highest BCUT2D eigenvalue weighted by molar-refractivity contribution is 7.80. The van der Waals surface area contributed by atoms with Gasteiger partial charge in [0.25, 0.3) is 5.17 Å². The zero-order valence-electron chi connectivity index (χ0n) is 34.4. The maximum absolute atomic E-state index is 12.7. The van der Waals surface area contributed by atoms with Gasteiger partial charge in [0, 0.05) is 19.4 Å². The minimum absolute atomic E-state index is 0.00926. The molecule has 0 amide bonds. The predicted molar refractivity (Wildman–Crippen MR) is 225 cm³/mol. The van der Waals surface area contributed by atoms with E-state index in [0.717, 1.165) is 57.9 Å². The standard InChI is InChI=1S/C44H82N2O5S/c1-5-7-9-11-13-15-17-19-21-23-25-27-29-31-33-35-42(47)50-40-41(39-45-44(52)49-38-37-46(3)4)51-43(48)36-34-32-30-28-26-24-22-20-18-16-14-12-10-8-6-2/h19-22,41H,5-18,23-40H2,1-4H3,(H,45,52)/b21-19-,22-20-. The van der Waals surface area contributed by atoms with E-state index in [9.17, 15) is 9.59 Å². The first kappa shape index (κ1) is 50.1. The normalized spacial score (nSPS) is 12.2. The molecule has 0 aromatic heterocycles. The summed E-state index contributed by atoms with van der Waals surface area (Å²) < 4.78 is 16.8. The lowest BCUT2D eigenvalue weighted by molar-refractivity contribution is -0.158. The van der Waals surface area contributed by atoms with Crippen LogP contribution < -0.4 is 5.32 Å². The summed E-state index contributed by atoms with van der Waals surface area (Å²) in [6, 6.07) is 0. The highest BCUT2D eigenvalue weighted by atomic mass is 32.1. The fraction of sp³-hybridized carbons (Fsp3) is 0.841. The van der Waals surface area contributed by atoms with Crippen molar-refractivity contribution in [3.63, 3.8) is 0 Å². The first-order valence-electron chi connectivity index (χ1n) is 21.6. The average Bonchev–Trinajstić information content (AvgIpc) is 3.12. The third-order valence-electron chi connectivity index (χ3n) is 9.26. The molecule has 0 bridgehead atoms. The van der Waals surface area contributed by atoms with E-state index in [1.54, 1.807) is 0 Å². The van der Waals surface area contributed by atoms with E-state index in [2.05, 4.69) is 43.5 Å². The molecule has 0 aliphatic heterocycles. The Labute approximate surface area is 326 Å². The summed E-state index contributed by atoms with van der Waals surface area (Å²) in [6.07, 6.45) is 41.1. The van der Waals surface area contributed by atoms with Crippen LogP contribution in [0.15, 0.2) is 24.3 Å². The van der Waals surface area contributed by atoms with Gasteiger partial charge in [-0.2, -0.15) is 0 Å². The number of nitrogens with one attached hydrogen (secondary N) is 1. The van der Waals surface area contributed by atoms with E-state index in [-0.39, 0.29) is 30.3 Å². The van der Waals surface area contributed by atoms with E-state index in [4.69, 9.17) is 26.4 Å². The lowest BCUT2D eigenvalue weighted by Gasteiger charge is -2.20. The van der Waals surface area contributed by atoms with Crippen molar-refractivity contribution in [3.8, 4) is 0 Å². The SMILES string of the molecule is CCCCCCCC/C=C\CCCCCCCC(=O)OCC(CNC(=S)OCCN(C)C)OC(=O)CCCCCCC/C=C\CCCCCCCC. The monoisotopic (exact) mass is 751 g/mol. The van der Waals surface area contributed by atoms with Gasteiger partial charge in [-0.15, -0.1) is 0 Å². The molecule has 7 nitrogen and oxygen atoms in total. The molecule has 0 aliphatic rings. The third-order valence-corrected chi connectivity index (χ3v) is 9.52. The fourth-order valence-corrected chi connectivity index (χ4v) is 6.05. The molecule has 0 aromatic rings. The molecule has 1 N–H and O–H groups in total. The number of likely N-dealkylation sites (N-methyl/N-ethyl adjacent to an activating group) is 1. The fourth-order valence-electron chi connectivity index (χ4n) is 5.89. The molecule has 304 valence electrons. The number of carbonyl (C=O) groups is 2. The van der Waals surface area contributed by atoms with Crippen molar-refractivity contribution in [2.45, 2.75) is 200 Å². The second kappa shape index (κ2) is 40.3. The second-order valence-corrected chi connectivity index (χ2v) is 15.2. The number of unbranched alkanes of at least 4 members (excludes halogenated alkanes) is 22. The minimum Gasteiger partial charge on any atom is -0.470 e. The lowest BCUT2D eigenvalue weighted by atomic mass is 10.1. The first-order valence-corrected chi connectivity index (χ1v) is 22.0. The van der Waals surface area contributed by atoms with Gasteiger partial charge in [0.2, 0.25) is 0 Å². The molecule has 0 heterocycles. The minimum atomic E-state index is -0.621. The van der Waals surface area contributed by atoms with Crippen molar-refractivity contribution in [2.24, 2.45) is 0 Å². The van der Waals surface area contributed by atoms with Crippen LogP contribution in [0.5, 0.6) is 0 Å². The van der Waals surface area contributed by atoms with Gasteiger partial charge in [0.1, 0.15) is 13.2 Å². The van der Waals surface area contributed by atoms with E-state index >= 15 is 0 Å². The predicted octanol–water partition coefficient (Wildman–Crippen LogP) is 12.0. The quantitative estimate of drug-likeness (QED) is 0.0289. The molecule has 0 spiro atoms. The van der Waals surface area contributed by atoms with Gasteiger partial charge >= 0.3 is 11.9 Å². The molecular formula is C44H82N2O5S. The van der Waals surface area contributed by atoms with Crippen LogP contribution in [-0.4, -0.2) is 68.5 Å². The average molecular weight is 751 g/mol. The number of thiocarbonyl (C=S) groups is 1. The first-order chi connectivity index (χ1) is 25.4. The molecule has 0 saturated heterocycles. The smallest absolute Gasteiger partial charge is 0.306 e. The van der Waals surface area contributed by atoms with Crippen molar-refractivity contribution in [2.75, 3.05) is 40.4 Å². The number of allylic oxidation sites excluding steroid dienone is 4. The van der Waals surface area contributed by atoms with Crippen molar-refractivity contribution in [3.05, 3.63) is 24.3 Å². The van der Waals surface area contributed by atoms with Crippen molar-refractivity contribution >= 4 is 29.3 Å². The molecular weight excluding hydrogens is 669 g/mol. The lowest BCUT2D eigenvalue weighted by Crippen LogP contribution is -2.38. The van der Waals surface area contributed by atoms with Crippen LogP contribution >= 0.6 is 12.2 Å². The number of hydrogen-bond acceptors (Lipinski definition) is 7. The molecule has 0 saturated carbocycles. The van der Waals surface area contributed by atoms with Gasteiger partial charge in [0.15, 0.2) is 6.10 Å². The van der Waals surface area contributed by atoms with E-state index in [1.807, 2.05) is 19.0 Å². The number of esters is 2. The zero-order chi connectivity index (χ0) is 38.2. The van der Waals surface area contributed by atoms with Gasteiger partial charge < -0.3 is 24.4 Å². The third kappa shape index (κ3) is 39.3. The number of rotatable bonds is 38. The van der Waals surface area contributed by atoms with Gasteiger partial charge in [0.05, 0.1) is 6.54 Å². The molecule has 0 rings (SSSR count). The summed E-state index contributed by atoms with van der Waals surface area (Å²) in [5, 5.41) is 3.27. The molecule has 8 heteroatoms. The molecule has 1 atom stereocenters. The zero-order valence-corrected chi connectivity index (χ0v) is 35.2. The number of carbonyl (C=O) groups excluding carboxylic acids is 2. The highest BCUT2D eigenvalue weighted by Crippen LogP contribution is 2.13. The maximum atomic E-state index is 12.7.